The van der Waals surface area contributed by atoms with Gasteiger partial charge in [-0.2, -0.15) is 4.31 Å². The number of nitrogens with zero attached hydrogens (tertiary/aromatic N) is 1. The van der Waals surface area contributed by atoms with Crippen LogP contribution >= 0.6 is 0 Å². The molecule has 0 aromatic heterocycles. The lowest BCUT2D eigenvalue weighted by Gasteiger charge is -2.21. The Kier molecular flexibility index (Phi) is 4.19. The van der Waals surface area contributed by atoms with Crippen LogP contribution in [0.3, 0.4) is 0 Å². The molecule has 2 aromatic rings. The normalized spacial score (nSPS) is 21.7. The first kappa shape index (κ1) is 16.7. The summed E-state index contributed by atoms with van der Waals surface area (Å²) in [6, 6.07) is 16.1. The second-order valence-electron chi connectivity index (χ2n) is 6.32. The molecule has 1 aliphatic rings. The van der Waals surface area contributed by atoms with E-state index in [-0.39, 0.29) is 18.0 Å². The van der Waals surface area contributed by atoms with Crippen LogP contribution in [0.2, 0.25) is 0 Å². The predicted molar refractivity (Wildman–Crippen MR) is 91.0 cm³/mol. The molecule has 6 heteroatoms. The Hall–Kier alpha value is -2.18. The van der Waals surface area contributed by atoms with Crippen LogP contribution in [-0.2, 0) is 14.8 Å². The Labute approximate surface area is 141 Å². The first-order valence-corrected chi connectivity index (χ1v) is 9.17. The fraction of sp³-hybridized carbons (Fsp3) is 0.278. The lowest BCUT2D eigenvalue weighted by atomic mass is 9.90. The average molecular weight is 345 g/mol. The molecule has 1 heterocycles. The van der Waals surface area contributed by atoms with Crippen molar-refractivity contribution in [2.75, 3.05) is 13.1 Å². The zero-order valence-electron chi connectivity index (χ0n) is 13.3. The first-order valence-electron chi connectivity index (χ1n) is 7.73. The van der Waals surface area contributed by atoms with Crippen molar-refractivity contribution >= 4 is 16.0 Å². The number of aliphatic carboxylic acids is 1. The molecule has 0 bridgehead atoms. The third kappa shape index (κ3) is 2.83. The standard InChI is InChI=1S/C18H19NO4S/c1-18(17(20)21)11-12-19(13-18)24(22,23)16-10-6-5-9-15(16)14-7-3-2-4-8-14/h2-10H,11-13H2,1H3,(H,20,21). The quantitative estimate of drug-likeness (QED) is 0.924. The van der Waals surface area contributed by atoms with E-state index in [9.17, 15) is 18.3 Å². The monoisotopic (exact) mass is 345 g/mol. The van der Waals surface area contributed by atoms with Crippen LogP contribution in [0.4, 0.5) is 0 Å². The van der Waals surface area contributed by atoms with E-state index in [0.717, 1.165) is 5.56 Å². The Morgan fingerprint density at radius 1 is 1.08 bits per heavy atom. The fourth-order valence-electron chi connectivity index (χ4n) is 2.99. The van der Waals surface area contributed by atoms with Crippen molar-refractivity contribution in [2.45, 2.75) is 18.2 Å². The topological polar surface area (TPSA) is 74.7 Å². The van der Waals surface area contributed by atoms with E-state index in [4.69, 9.17) is 0 Å². The highest BCUT2D eigenvalue weighted by Crippen LogP contribution is 2.36. The molecule has 2 aromatic carbocycles. The summed E-state index contributed by atoms with van der Waals surface area (Å²) in [5, 5.41) is 9.34. The number of carboxylic acid groups (broad SMARTS) is 1. The first-order chi connectivity index (χ1) is 11.3. The molecule has 3 rings (SSSR count). The Morgan fingerprint density at radius 3 is 2.33 bits per heavy atom. The molecule has 0 radical (unpaired) electrons. The molecule has 5 nitrogen and oxygen atoms in total. The van der Waals surface area contributed by atoms with Crippen molar-refractivity contribution in [3.8, 4) is 11.1 Å². The Balaban J connectivity index is 2.02. The SMILES string of the molecule is CC1(C(=O)O)CCN(S(=O)(=O)c2ccccc2-c2ccccc2)C1. The summed E-state index contributed by atoms with van der Waals surface area (Å²) in [5.41, 5.74) is 0.410. The van der Waals surface area contributed by atoms with E-state index in [1.807, 2.05) is 30.3 Å². The van der Waals surface area contributed by atoms with Crippen molar-refractivity contribution in [1.82, 2.24) is 4.31 Å². The van der Waals surface area contributed by atoms with Gasteiger partial charge in [-0.1, -0.05) is 48.5 Å². The van der Waals surface area contributed by atoms with Crippen LogP contribution < -0.4 is 0 Å². The molecule has 0 amide bonds. The van der Waals surface area contributed by atoms with Crippen molar-refractivity contribution < 1.29 is 18.3 Å². The molecule has 0 saturated carbocycles. The van der Waals surface area contributed by atoms with E-state index in [2.05, 4.69) is 0 Å². The highest BCUT2D eigenvalue weighted by molar-refractivity contribution is 7.89. The maximum Gasteiger partial charge on any atom is 0.310 e. The number of carbonyl (C=O) groups is 1. The van der Waals surface area contributed by atoms with Crippen LogP contribution in [0.5, 0.6) is 0 Å². The Bertz CT molecular complexity index is 864. The predicted octanol–water partition coefficient (Wildman–Crippen LogP) is 2.84. The van der Waals surface area contributed by atoms with E-state index < -0.39 is 21.4 Å². The van der Waals surface area contributed by atoms with Crippen LogP contribution in [0.1, 0.15) is 13.3 Å². The third-order valence-electron chi connectivity index (χ3n) is 4.54. The maximum atomic E-state index is 13.1. The summed E-state index contributed by atoms with van der Waals surface area (Å²) in [5.74, 6) is -0.962. The highest BCUT2D eigenvalue weighted by atomic mass is 32.2. The van der Waals surface area contributed by atoms with Crippen LogP contribution in [-0.4, -0.2) is 36.9 Å². The molecule has 126 valence electrons. The van der Waals surface area contributed by atoms with Gasteiger partial charge in [0.2, 0.25) is 10.0 Å². The van der Waals surface area contributed by atoms with Crippen molar-refractivity contribution in [2.24, 2.45) is 5.41 Å². The van der Waals surface area contributed by atoms with Gasteiger partial charge >= 0.3 is 5.97 Å². The number of rotatable bonds is 4. The lowest BCUT2D eigenvalue weighted by molar-refractivity contribution is -0.146. The van der Waals surface area contributed by atoms with Gasteiger partial charge in [0.15, 0.2) is 0 Å². The smallest absolute Gasteiger partial charge is 0.310 e. The summed E-state index contributed by atoms with van der Waals surface area (Å²) in [6.07, 6.45) is 0.315. The number of benzene rings is 2. The van der Waals surface area contributed by atoms with Crippen molar-refractivity contribution in [3.63, 3.8) is 0 Å². The van der Waals surface area contributed by atoms with Crippen LogP contribution in [0, 0.1) is 5.41 Å². The molecule has 0 spiro atoms. The summed E-state index contributed by atoms with van der Waals surface area (Å²) >= 11 is 0. The summed E-state index contributed by atoms with van der Waals surface area (Å²) in [6.45, 7) is 1.80. The molecular weight excluding hydrogens is 326 g/mol. The minimum atomic E-state index is -3.75. The molecule has 1 unspecified atom stereocenters. The highest BCUT2D eigenvalue weighted by Gasteiger charge is 2.45. The second-order valence-corrected chi connectivity index (χ2v) is 8.22. The molecule has 1 fully saturated rings. The molecule has 1 atom stereocenters. The van der Waals surface area contributed by atoms with E-state index in [1.54, 1.807) is 31.2 Å². The molecular formula is C18H19NO4S. The lowest BCUT2D eigenvalue weighted by Crippen LogP contribution is -2.35. The fourth-order valence-corrected chi connectivity index (χ4v) is 4.76. The van der Waals surface area contributed by atoms with E-state index >= 15 is 0 Å². The van der Waals surface area contributed by atoms with Crippen LogP contribution in [0.25, 0.3) is 11.1 Å². The third-order valence-corrected chi connectivity index (χ3v) is 6.45. The van der Waals surface area contributed by atoms with Crippen LogP contribution in [0.15, 0.2) is 59.5 Å². The van der Waals surface area contributed by atoms with Gasteiger partial charge in [0, 0.05) is 18.7 Å². The van der Waals surface area contributed by atoms with Crippen molar-refractivity contribution in [3.05, 3.63) is 54.6 Å². The minimum Gasteiger partial charge on any atom is -0.481 e. The molecule has 1 saturated heterocycles. The van der Waals surface area contributed by atoms with E-state index in [1.165, 1.54) is 4.31 Å². The van der Waals surface area contributed by atoms with Gasteiger partial charge in [-0.15, -0.1) is 0 Å². The number of carboxylic acids is 1. The van der Waals surface area contributed by atoms with Gasteiger partial charge < -0.3 is 5.11 Å². The molecule has 1 N–H and O–H groups in total. The molecule has 1 aliphatic heterocycles. The van der Waals surface area contributed by atoms with Gasteiger partial charge in [-0.25, -0.2) is 8.42 Å². The van der Waals surface area contributed by atoms with Gasteiger partial charge in [-0.3, -0.25) is 4.79 Å². The van der Waals surface area contributed by atoms with Gasteiger partial charge in [0.25, 0.3) is 0 Å². The summed E-state index contributed by atoms with van der Waals surface area (Å²) in [7, 11) is -3.75. The summed E-state index contributed by atoms with van der Waals surface area (Å²) in [4.78, 5) is 11.6. The maximum absolute atomic E-state index is 13.1. The Morgan fingerprint density at radius 2 is 1.71 bits per heavy atom. The van der Waals surface area contributed by atoms with Gasteiger partial charge in [0.1, 0.15) is 0 Å². The number of hydrogen-bond donors (Lipinski definition) is 1. The molecule has 0 aliphatic carbocycles. The largest absolute Gasteiger partial charge is 0.481 e. The number of hydrogen-bond acceptors (Lipinski definition) is 3. The molecule has 24 heavy (non-hydrogen) atoms. The summed E-state index contributed by atoms with van der Waals surface area (Å²) < 4.78 is 27.4. The van der Waals surface area contributed by atoms with E-state index in [0.29, 0.717) is 12.0 Å². The average Bonchev–Trinajstić information content (AvgIpc) is 3.00. The zero-order chi connectivity index (χ0) is 17.4. The zero-order valence-corrected chi connectivity index (χ0v) is 14.2. The number of sulfonamides is 1. The minimum absolute atomic E-state index is 0.00616. The second kappa shape index (κ2) is 6.03. The van der Waals surface area contributed by atoms with Gasteiger partial charge in [0.05, 0.1) is 10.3 Å². The van der Waals surface area contributed by atoms with Crippen molar-refractivity contribution in [1.29, 1.82) is 0 Å². The van der Waals surface area contributed by atoms with Gasteiger partial charge in [-0.05, 0) is 25.0 Å².